The third-order valence-electron chi connectivity index (χ3n) is 2.44. The Morgan fingerprint density at radius 1 is 1.24 bits per heavy atom. The molecule has 0 saturated carbocycles. The van der Waals surface area contributed by atoms with Crippen LogP contribution in [0.3, 0.4) is 0 Å². The number of rotatable bonds is 2. The molecule has 17 heavy (non-hydrogen) atoms. The zero-order chi connectivity index (χ0) is 11.7. The number of H-pyrrole nitrogens is 1. The molecular formula is C13H10N3O. The van der Waals surface area contributed by atoms with Crippen molar-refractivity contribution in [2.75, 3.05) is 5.73 Å². The van der Waals surface area contributed by atoms with Crippen molar-refractivity contribution in [3.8, 4) is 11.6 Å². The lowest BCUT2D eigenvalue weighted by molar-refractivity contribution is 0.464. The predicted octanol–water partition coefficient (Wildman–Crippen LogP) is 2.74. The molecule has 1 radical (unpaired) electrons. The van der Waals surface area contributed by atoms with Crippen LogP contribution < -0.4 is 10.5 Å². The zero-order valence-electron chi connectivity index (χ0n) is 8.97. The van der Waals surface area contributed by atoms with E-state index in [0.29, 0.717) is 11.6 Å². The Bertz CT molecular complexity index is 643. The number of aromatic amines is 1. The lowest BCUT2D eigenvalue weighted by atomic mass is 10.2. The number of anilines is 1. The number of hydrogen-bond donors (Lipinski definition) is 2. The van der Waals surface area contributed by atoms with Gasteiger partial charge in [-0.25, -0.2) is 4.98 Å². The number of nitrogens with zero attached hydrogens (tertiary/aromatic N) is 1. The molecule has 0 atom stereocenters. The minimum absolute atomic E-state index is 0.522. The lowest BCUT2D eigenvalue weighted by Gasteiger charge is -2.04. The maximum Gasteiger partial charge on any atom is 0.219 e. The fourth-order valence-electron chi connectivity index (χ4n) is 1.60. The van der Waals surface area contributed by atoms with E-state index in [9.17, 15) is 0 Å². The maximum absolute atomic E-state index is 5.61. The van der Waals surface area contributed by atoms with Gasteiger partial charge < -0.3 is 15.5 Å². The molecule has 0 spiro atoms. The van der Waals surface area contributed by atoms with E-state index < -0.39 is 0 Å². The van der Waals surface area contributed by atoms with Gasteiger partial charge in [0.25, 0.3) is 0 Å². The summed E-state index contributed by atoms with van der Waals surface area (Å²) in [5, 5.41) is 1.10. The third-order valence-corrected chi connectivity index (χ3v) is 2.44. The summed E-state index contributed by atoms with van der Waals surface area (Å²) in [6.07, 6.45) is 4.49. The number of fused-ring (bicyclic) bond motifs is 1. The van der Waals surface area contributed by atoms with Gasteiger partial charge in [-0.15, -0.1) is 0 Å². The molecule has 0 aliphatic carbocycles. The summed E-state index contributed by atoms with van der Waals surface area (Å²) in [5.74, 6) is 1.25. The van der Waals surface area contributed by atoms with Crippen LogP contribution in [0, 0.1) is 6.20 Å². The summed E-state index contributed by atoms with van der Waals surface area (Å²) in [6.45, 7) is 0. The first-order valence-electron chi connectivity index (χ1n) is 5.19. The molecule has 3 aromatic rings. The van der Waals surface area contributed by atoms with Crippen molar-refractivity contribution in [1.29, 1.82) is 0 Å². The Balaban J connectivity index is 1.91. The van der Waals surface area contributed by atoms with E-state index in [4.69, 9.17) is 10.5 Å². The second-order valence-electron chi connectivity index (χ2n) is 3.69. The van der Waals surface area contributed by atoms with Crippen LogP contribution >= 0.6 is 0 Å². The van der Waals surface area contributed by atoms with Gasteiger partial charge in [0.15, 0.2) is 0 Å². The van der Waals surface area contributed by atoms with Gasteiger partial charge in [-0.2, -0.15) is 0 Å². The lowest BCUT2D eigenvalue weighted by Crippen LogP contribution is -1.90. The van der Waals surface area contributed by atoms with Crippen molar-refractivity contribution in [1.82, 2.24) is 9.97 Å². The van der Waals surface area contributed by atoms with Crippen LogP contribution in [0.25, 0.3) is 10.9 Å². The third kappa shape index (κ3) is 1.92. The van der Waals surface area contributed by atoms with Gasteiger partial charge in [-0.05, 0) is 24.3 Å². The molecule has 1 aromatic carbocycles. The number of aromatic nitrogens is 2. The quantitative estimate of drug-likeness (QED) is 0.703. The second kappa shape index (κ2) is 3.83. The first-order chi connectivity index (χ1) is 8.31. The number of hydrogen-bond acceptors (Lipinski definition) is 3. The number of pyridine rings is 1. The second-order valence-corrected chi connectivity index (χ2v) is 3.69. The number of nitrogens with one attached hydrogen (secondary N) is 1. The first-order valence-corrected chi connectivity index (χ1v) is 5.19. The monoisotopic (exact) mass is 224 g/mol. The first kappa shape index (κ1) is 9.72. The van der Waals surface area contributed by atoms with Crippen LogP contribution in [0.2, 0.25) is 0 Å². The van der Waals surface area contributed by atoms with E-state index in [1.54, 1.807) is 18.3 Å². The molecule has 2 aromatic heterocycles. The zero-order valence-corrected chi connectivity index (χ0v) is 8.97. The minimum atomic E-state index is 0.522. The molecule has 2 heterocycles. The van der Waals surface area contributed by atoms with Crippen LogP contribution in [0.15, 0.2) is 42.6 Å². The van der Waals surface area contributed by atoms with E-state index in [0.717, 1.165) is 16.7 Å². The van der Waals surface area contributed by atoms with Crippen molar-refractivity contribution in [3.05, 3.63) is 48.8 Å². The molecule has 3 rings (SSSR count). The minimum Gasteiger partial charge on any atom is -0.439 e. The van der Waals surface area contributed by atoms with Crippen LogP contribution in [0.1, 0.15) is 0 Å². The van der Waals surface area contributed by atoms with Gasteiger partial charge in [0.1, 0.15) is 5.75 Å². The molecule has 0 saturated heterocycles. The van der Waals surface area contributed by atoms with Crippen molar-refractivity contribution < 1.29 is 4.74 Å². The summed E-state index contributed by atoms with van der Waals surface area (Å²) in [6, 6.07) is 11.1. The summed E-state index contributed by atoms with van der Waals surface area (Å²) >= 11 is 0. The highest BCUT2D eigenvalue weighted by Crippen LogP contribution is 2.23. The molecule has 83 valence electrons. The molecule has 3 N–H and O–H groups in total. The van der Waals surface area contributed by atoms with Gasteiger partial charge in [0, 0.05) is 23.0 Å². The average Bonchev–Trinajstić information content (AvgIpc) is 2.79. The summed E-state index contributed by atoms with van der Waals surface area (Å²) in [5.41, 5.74) is 7.15. The molecule has 0 fully saturated rings. The average molecular weight is 224 g/mol. The Kier molecular flexibility index (Phi) is 2.19. The fourth-order valence-corrected chi connectivity index (χ4v) is 1.60. The van der Waals surface area contributed by atoms with Crippen molar-refractivity contribution in [2.24, 2.45) is 0 Å². The summed E-state index contributed by atoms with van der Waals surface area (Å²) < 4.78 is 5.61. The van der Waals surface area contributed by atoms with Gasteiger partial charge >= 0.3 is 0 Å². The predicted molar refractivity (Wildman–Crippen MR) is 65.9 cm³/mol. The van der Waals surface area contributed by atoms with Crippen molar-refractivity contribution in [3.63, 3.8) is 0 Å². The van der Waals surface area contributed by atoms with Gasteiger partial charge in [-0.3, -0.25) is 0 Å². The van der Waals surface area contributed by atoms with Crippen LogP contribution in [-0.4, -0.2) is 9.97 Å². The van der Waals surface area contributed by atoms with Crippen molar-refractivity contribution in [2.45, 2.75) is 0 Å². The summed E-state index contributed by atoms with van der Waals surface area (Å²) in [4.78, 5) is 7.09. The topological polar surface area (TPSA) is 63.9 Å². The van der Waals surface area contributed by atoms with Crippen LogP contribution in [0.5, 0.6) is 11.6 Å². The van der Waals surface area contributed by atoms with Crippen molar-refractivity contribution >= 4 is 16.6 Å². The van der Waals surface area contributed by atoms with E-state index >= 15 is 0 Å². The molecule has 0 aliphatic heterocycles. The molecule has 0 bridgehead atoms. The van der Waals surface area contributed by atoms with Gasteiger partial charge in [0.2, 0.25) is 5.88 Å². The molecule has 0 amide bonds. The fraction of sp³-hybridized carbons (Fsp3) is 0. The highest BCUT2D eigenvalue weighted by atomic mass is 16.5. The Morgan fingerprint density at radius 2 is 2.18 bits per heavy atom. The SMILES string of the molecule is Nc1ccc(Oc2ccc3c[c][nH]c3c2)nc1. The Morgan fingerprint density at radius 3 is 3.00 bits per heavy atom. The molecule has 4 nitrogen and oxygen atoms in total. The standard InChI is InChI=1S/C13H10N3O/c14-10-2-4-13(16-8-10)17-11-3-1-9-5-6-15-12(9)7-11/h1-5,7-8,15H,14H2. The van der Waals surface area contributed by atoms with Gasteiger partial charge in [0.05, 0.1) is 18.1 Å². The number of nitrogens with two attached hydrogens (primary N) is 1. The highest BCUT2D eigenvalue weighted by molar-refractivity contribution is 5.80. The largest absolute Gasteiger partial charge is 0.439 e. The molecular weight excluding hydrogens is 214 g/mol. The van der Waals surface area contributed by atoms with Gasteiger partial charge in [-0.1, -0.05) is 0 Å². The number of benzene rings is 1. The van der Waals surface area contributed by atoms with E-state index in [-0.39, 0.29) is 0 Å². The van der Waals surface area contributed by atoms with E-state index in [1.807, 2.05) is 24.3 Å². The van der Waals surface area contributed by atoms with E-state index in [2.05, 4.69) is 16.2 Å². The normalized spacial score (nSPS) is 10.6. The Hall–Kier alpha value is -2.49. The van der Waals surface area contributed by atoms with E-state index in [1.165, 1.54) is 0 Å². The maximum atomic E-state index is 5.61. The number of ether oxygens (including phenoxy) is 1. The Labute approximate surface area is 98.1 Å². The summed E-state index contributed by atoms with van der Waals surface area (Å²) in [7, 11) is 0. The van der Waals surface area contributed by atoms with Crippen LogP contribution in [0.4, 0.5) is 5.69 Å². The molecule has 4 heteroatoms. The highest BCUT2D eigenvalue weighted by Gasteiger charge is 2.00. The molecule has 0 aliphatic rings. The number of nitrogen functional groups attached to an aromatic ring is 1. The smallest absolute Gasteiger partial charge is 0.219 e. The molecule has 0 unspecified atom stereocenters. The van der Waals surface area contributed by atoms with Crippen LogP contribution in [-0.2, 0) is 0 Å².